The Morgan fingerprint density at radius 1 is 1.23 bits per heavy atom. The first-order valence-corrected chi connectivity index (χ1v) is 8.89. The molecule has 0 saturated heterocycles. The van der Waals surface area contributed by atoms with Crippen LogP contribution in [-0.4, -0.2) is 23.0 Å². The summed E-state index contributed by atoms with van der Waals surface area (Å²) in [7, 11) is -5.33. The van der Waals surface area contributed by atoms with Crippen molar-refractivity contribution in [2.45, 2.75) is 45.3 Å². The van der Waals surface area contributed by atoms with Crippen molar-refractivity contribution in [2.24, 2.45) is 0 Å². The van der Waals surface area contributed by atoms with Gasteiger partial charge in [-0.2, -0.15) is 0 Å². The summed E-state index contributed by atoms with van der Waals surface area (Å²) in [5.74, 6) is 0. The van der Waals surface area contributed by atoms with Gasteiger partial charge in [-0.3, -0.25) is 0 Å². The Kier molecular flexibility index (Phi) is 4.61. The van der Waals surface area contributed by atoms with Crippen molar-refractivity contribution < 1.29 is 12.3 Å². The van der Waals surface area contributed by atoms with Crippen LogP contribution in [0.1, 0.15) is 27.7 Å². The van der Waals surface area contributed by atoms with E-state index in [1.54, 1.807) is 0 Å². The summed E-state index contributed by atoms with van der Waals surface area (Å²) in [4.78, 5) is 0. The quantitative estimate of drug-likeness (QED) is 0.673. The van der Waals surface area contributed by atoms with Gasteiger partial charge in [0.1, 0.15) is 0 Å². The Morgan fingerprint density at radius 2 is 1.62 bits per heavy atom. The summed E-state index contributed by atoms with van der Waals surface area (Å²) >= 11 is 0. The molecule has 0 spiro atoms. The highest BCUT2D eigenvalue weighted by molar-refractivity contribution is 7.87. The Balaban J connectivity index is 4.79. The molecular weight excluding hydrogens is 204 g/mol. The fourth-order valence-corrected chi connectivity index (χ4v) is 7.84. The molecule has 0 bridgehead atoms. The van der Waals surface area contributed by atoms with Crippen molar-refractivity contribution in [1.82, 2.24) is 0 Å². The van der Waals surface area contributed by atoms with E-state index >= 15 is 0 Å². The van der Waals surface area contributed by atoms with E-state index in [9.17, 15) is 8.42 Å². The second kappa shape index (κ2) is 4.57. The van der Waals surface area contributed by atoms with Gasteiger partial charge in [0.15, 0.2) is 0 Å². The maximum Gasteiger partial charge on any atom is 0.254 e. The van der Waals surface area contributed by atoms with Crippen LogP contribution >= 0.6 is 0 Å². The Bertz CT molecular complexity index is 242. The van der Waals surface area contributed by atoms with Crippen LogP contribution in [-0.2, 0) is 14.0 Å². The Labute approximate surface area is 82.7 Å². The SMILES string of the molecule is CC[Si](CC)(OS(C)(=O)=O)C(C)C. The van der Waals surface area contributed by atoms with E-state index in [-0.39, 0.29) is 0 Å². The van der Waals surface area contributed by atoms with Gasteiger partial charge in [0.05, 0.1) is 6.26 Å². The molecular formula is C8H20O3SSi. The molecule has 80 valence electrons. The van der Waals surface area contributed by atoms with Crippen molar-refractivity contribution in [2.75, 3.05) is 6.26 Å². The molecule has 0 heterocycles. The normalized spacial score (nSPS) is 13.7. The van der Waals surface area contributed by atoms with Crippen LogP contribution in [0.3, 0.4) is 0 Å². The molecule has 0 aliphatic heterocycles. The molecule has 0 aromatic carbocycles. The first kappa shape index (κ1) is 13.1. The number of hydrogen-bond acceptors (Lipinski definition) is 3. The minimum Gasteiger partial charge on any atom is -0.315 e. The predicted molar refractivity (Wildman–Crippen MR) is 57.7 cm³/mol. The van der Waals surface area contributed by atoms with Gasteiger partial charge in [0, 0.05) is 0 Å². The summed E-state index contributed by atoms with van der Waals surface area (Å²) in [6.07, 6.45) is 1.14. The van der Waals surface area contributed by atoms with Gasteiger partial charge in [-0.15, -0.1) is 0 Å². The zero-order valence-electron chi connectivity index (χ0n) is 9.12. The van der Waals surface area contributed by atoms with Gasteiger partial charge in [-0.1, -0.05) is 27.7 Å². The van der Waals surface area contributed by atoms with E-state index in [0.717, 1.165) is 18.3 Å². The third-order valence-electron chi connectivity index (χ3n) is 2.57. The van der Waals surface area contributed by atoms with Gasteiger partial charge in [0.2, 0.25) is 8.32 Å². The lowest BCUT2D eigenvalue weighted by atomic mass is 10.6. The summed E-state index contributed by atoms with van der Waals surface area (Å²) in [6, 6.07) is 1.71. The van der Waals surface area contributed by atoms with Gasteiger partial charge >= 0.3 is 0 Å². The highest BCUT2D eigenvalue weighted by atomic mass is 32.2. The van der Waals surface area contributed by atoms with Crippen LogP contribution in [0, 0.1) is 0 Å². The fourth-order valence-electron chi connectivity index (χ4n) is 1.58. The summed E-state index contributed by atoms with van der Waals surface area (Å²) in [5.41, 5.74) is 0.345. The summed E-state index contributed by atoms with van der Waals surface area (Å²) in [5, 5.41) is 0. The zero-order chi connectivity index (χ0) is 10.7. The largest absolute Gasteiger partial charge is 0.315 e. The molecule has 0 radical (unpaired) electrons. The van der Waals surface area contributed by atoms with Crippen molar-refractivity contribution in [3.05, 3.63) is 0 Å². The van der Waals surface area contributed by atoms with Crippen molar-refractivity contribution in [3.8, 4) is 0 Å². The minimum absolute atomic E-state index is 0.345. The van der Waals surface area contributed by atoms with E-state index < -0.39 is 18.4 Å². The molecule has 0 aliphatic carbocycles. The first-order chi connectivity index (χ1) is 5.77. The van der Waals surface area contributed by atoms with Crippen LogP contribution in [0.2, 0.25) is 17.6 Å². The van der Waals surface area contributed by atoms with Crippen LogP contribution in [0.4, 0.5) is 0 Å². The van der Waals surface area contributed by atoms with Gasteiger partial charge in [0.25, 0.3) is 10.1 Å². The fraction of sp³-hybridized carbons (Fsp3) is 1.00. The van der Waals surface area contributed by atoms with Crippen LogP contribution < -0.4 is 0 Å². The van der Waals surface area contributed by atoms with E-state index in [2.05, 4.69) is 0 Å². The molecule has 0 unspecified atom stereocenters. The monoisotopic (exact) mass is 224 g/mol. The molecule has 0 aliphatic rings. The summed E-state index contributed by atoms with van der Waals surface area (Å²) in [6.45, 7) is 8.12. The standard InChI is InChI=1S/C8H20O3SSi/c1-6-13(7-2,8(3)4)11-12(5,9)10/h8H,6-7H2,1-5H3. The second-order valence-corrected chi connectivity index (χ2v) is 10.5. The van der Waals surface area contributed by atoms with Crippen molar-refractivity contribution in [1.29, 1.82) is 0 Å². The van der Waals surface area contributed by atoms with Gasteiger partial charge < -0.3 is 3.87 Å². The van der Waals surface area contributed by atoms with E-state index in [1.807, 2.05) is 27.7 Å². The lowest BCUT2D eigenvalue weighted by Crippen LogP contribution is -2.41. The Morgan fingerprint density at radius 3 is 1.69 bits per heavy atom. The second-order valence-electron chi connectivity index (χ2n) is 3.71. The van der Waals surface area contributed by atoms with Crippen LogP contribution in [0.25, 0.3) is 0 Å². The van der Waals surface area contributed by atoms with E-state index in [1.165, 1.54) is 0 Å². The van der Waals surface area contributed by atoms with E-state index in [4.69, 9.17) is 3.87 Å². The predicted octanol–water partition coefficient (Wildman–Crippen LogP) is 2.36. The number of rotatable bonds is 5. The van der Waals surface area contributed by atoms with Crippen molar-refractivity contribution in [3.63, 3.8) is 0 Å². The molecule has 0 aromatic heterocycles. The third kappa shape index (κ3) is 3.78. The highest BCUT2D eigenvalue weighted by Crippen LogP contribution is 2.31. The first-order valence-electron chi connectivity index (χ1n) is 4.68. The smallest absolute Gasteiger partial charge is 0.254 e. The lowest BCUT2D eigenvalue weighted by molar-refractivity contribution is 0.473. The third-order valence-corrected chi connectivity index (χ3v) is 9.60. The van der Waals surface area contributed by atoms with E-state index in [0.29, 0.717) is 5.54 Å². The van der Waals surface area contributed by atoms with Gasteiger partial charge in [-0.05, 0) is 17.6 Å². The van der Waals surface area contributed by atoms with Gasteiger partial charge in [-0.25, -0.2) is 8.42 Å². The highest BCUT2D eigenvalue weighted by Gasteiger charge is 2.38. The zero-order valence-corrected chi connectivity index (χ0v) is 10.9. The molecule has 0 amide bonds. The maximum atomic E-state index is 11.1. The average molecular weight is 224 g/mol. The molecule has 3 nitrogen and oxygen atoms in total. The molecule has 0 rings (SSSR count). The molecule has 0 atom stereocenters. The molecule has 13 heavy (non-hydrogen) atoms. The van der Waals surface area contributed by atoms with Crippen LogP contribution in [0.15, 0.2) is 0 Å². The topological polar surface area (TPSA) is 43.4 Å². The van der Waals surface area contributed by atoms with Crippen LogP contribution in [0.5, 0.6) is 0 Å². The maximum absolute atomic E-state index is 11.1. The average Bonchev–Trinajstić information content (AvgIpc) is 1.98. The molecule has 0 N–H and O–H groups in total. The minimum atomic E-state index is -3.29. The lowest BCUT2D eigenvalue weighted by Gasteiger charge is -2.31. The summed E-state index contributed by atoms with van der Waals surface area (Å²) < 4.78 is 27.5. The molecule has 0 fully saturated rings. The molecule has 0 saturated carbocycles. The number of hydrogen-bond donors (Lipinski definition) is 0. The van der Waals surface area contributed by atoms with Crippen molar-refractivity contribution >= 4 is 18.4 Å². The molecule has 5 heteroatoms. The Hall–Kier alpha value is 0.127. The molecule has 0 aromatic rings.